The minimum atomic E-state index is -3.05. The molecule has 0 bridgehead atoms. The van der Waals surface area contributed by atoms with Crippen LogP contribution in [-0.4, -0.2) is 19.5 Å². The summed E-state index contributed by atoms with van der Waals surface area (Å²) in [4.78, 5) is 0.426. The Morgan fingerprint density at radius 2 is 1.71 bits per heavy atom. The fourth-order valence-corrected chi connectivity index (χ4v) is 2.92. The first kappa shape index (κ1) is 11.7. The SMILES string of the molecule is O=S(=O)(CCCCBr)c1ccccc1. The number of sulfone groups is 1. The van der Waals surface area contributed by atoms with Crippen LogP contribution in [0.25, 0.3) is 0 Å². The van der Waals surface area contributed by atoms with E-state index in [4.69, 9.17) is 0 Å². The maximum atomic E-state index is 11.7. The van der Waals surface area contributed by atoms with Crippen molar-refractivity contribution in [2.75, 3.05) is 11.1 Å². The summed E-state index contributed by atoms with van der Waals surface area (Å²) >= 11 is 3.28. The third kappa shape index (κ3) is 3.42. The summed E-state index contributed by atoms with van der Waals surface area (Å²) in [6.07, 6.45) is 1.61. The highest BCUT2D eigenvalue weighted by Crippen LogP contribution is 2.11. The van der Waals surface area contributed by atoms with Crippen LogP contribution >= 0.6 is 15.9 Å². The van der Waals surface area contributed by atoms with Crippen molar-refractivity contribution in [3.8, 4) is 0 Å². The van der Waals surface area contributed by atoms with Gasteiger partial charge >= 0.3 is 0 Å². The lowest BCUT2D eigenvalue weighted by Gasteiger charge is -2.02. The van der Waals surface area contributed by atoms with E-state index in [0.717, 1.165) is 11.8 Å². The van der Waals surface area contributed by atoms with Gasteiger partial charge in [-0.3, -0.25) is 0 Å². The Morgan fingerprint density at radius 3 is 2.29 bits per heavy atom. The Hall–Kier alpha value is -0.350. The van der Waals surface area contributed by atoms with Gasteiger partial charge in [-0.2, -0.15) is 0 Å². The van der Waals surface area contributed by atoms with E-state index in [9.17, 15) is 8.42 Å². The molecule has 0 N–H and O–H groups in total. The Balaban J connectivity index is 2.67. The molecule has 0 aliphatic heterocycles. The summed E-state index contributed by atoms with van der Waals surface area (Å²) in [5.41, 5.74) is 0. The number of hydrogen-bond donors (Lipinski definition) is 0. The second kappa shape index (κ2) is 5.51. The molecule has 1 aromatic carbocycles. The van der Waals surface area contributed by atoms with Crippen LogP contribution in [0.15, 0.2) is 35.2 Å². The van der Waals surface area contributed by atoms with Crippen LogP contribution in [0.4, 0.5) is 0 Å². The Labute approximate surface area is 93.4 Å². The van der Waals surface area contributed by atoms with Gasteiger partial charge in [0.1, 0.15) is 0 Å². The maximum absolute atomic E-state index is 11.7. The molecule has 4 heteroatoms. The highest BCUT2D eigenvalue weighted by atomic mass is 79.9. The van der Waals surface area contributed by atoms with Crippen molar-refractivity contribution in [1.29, 1.82) is 0 Å². The molecule has 0 aliphatic rings. The van der Waals surface area contributed by atoms with E-state index in [1.807, 2.05) is 6.07 Å². The zero-order chi connectivity index (χ0) is 10.4. The number of hydrogen-bond acceptors (Lipinski definition) is 2. The summed E-state index contributed by atoms with van der Waals surface area (Å²) in [5, 5.41) is 0.858. The minimum absolute atomic E-state index is 0.239. The molecule has 0 aromatic heterocycles. The van der Waals surface area contributed by atoms with Gasteiger partial charge in [0.15, 0.2) is 9.84 Å². The van der Waals surface area contributed by atoms with Gasteiger partial charge in [-0.25, -0.2) is 8.42 Å². The number of benzene rings is 1. The van der Waals surface area contributed by atoms with E-state index in [2.05, 4.69) is 15.9 Å². The molecule has 0 heterocycles. The maximum Gasteiger partial charge on any atom is 0.178 e. The van der Waals surface area contributed by atoms with Crippen LogP contribution in [0, 0.1) is 0 Å². The smallest absolute Gasteiger partial charge is 0.178 e. The van der Waals surface area contributed by atoms with E-state index >= 15 is 0 Å². The van der Waals surface area contributed by atoms with Gasteiger partial charge in [0.05, 0.1) is 10.6 Å². The Bertz CT molecular complexity index is 359. The average molecular weight is 277 g/mol. The van der Waals surface area contributed by atoms with Gasteiger partial charge in [-0.1, -0.05) is 34.1 Å². The lowest BCUT2D eigenvalue weighted by atomic mass is 10.4. The second-order valence-electron chi connectivity index (χ2n) is 3.03. The highest BCUT2D eigenvalue weighted by Gasteiger charge is 2.12. The Kier molecular flexibility index (Phi) is 4.62. The van der Waals surface area contributed by atoms with E-state index < -0.39 is 9.84 Å². The monoisotopic (exact) mass is 276 g/mol. The topological polar surface area (TPSA) is 34.1 Å². The molecule has 0 atom stereocenters. The van der Waals surface area contributed by atoms with Crippen molar-refractivity contribution < 1.29 is 8.42 Å². The van der Waals surface area contributed by atoms with Crippen molar-refractivity contribution in [3.05, 3.63) is 30.3 Å². The van der Waals surface area contributed by atoms with E-state index in [1.165, 1.54) is 0 Å². The normalized spacial score (nSPS) is 11.5. The van der Waals surface area contributed by atoms with Crippen LogP contribution in [0.3, 0.4) is 0 Å². The van der Waals surface area contributed by atoms with Crippen molar-refractivity contribution in [2.24, 2.45) is 0 Å². The number of unbranched alkanes of at least 4 members (excludes halogenated alkanes) is 1. The van der Waals surface area contributed by atoms with E-state index in [-0.39, 0.29) is 5.75 Å². The van der Waals surface area contributed by atoms with Crippen molar-refractivity contribution in [2.45, 2.75) is 17.7 Å². The van der Waals surface area contributed by atoms with E-state index in [1.54, 1.807) is 24.3 Å². The number of halogens is 1. The summed E-state index contributed by atoms with van der Waals surface area (Å²) in [5.74, 6) is 0.239. The lowest BCUT2D eigenvalue weighted by molar-refractivity contribution is 0.593. The van der Waals surface area contributed by atoms with Gasteiger partial charge < -0.3 is 0 Å². The molecular weight excluding hydrogens is 264 g/mol. The number of alkyl halides is 1. The van der Waals surface area contributed by atoms with Crippen LogP contribution in [0.2, 0.25) is 0 Å². The summed E-state index contributed by atoms with van der Waals surface area (Å²) in [6, 6.07) is 8.60. The molecule has 0 fully saturated rings. The van der Waals surface area contributed by atoms with Gasteiger partial charge in [-0.15, -0.1) is 0 Å². The second-order valence-corrected chi connectivity index (χ2v) is 5.93. The quantitative estimate of drug-likeness (QED) is 0.612. The molecule has 0 unspecified atom stereocenters. The molecule has 0 aliphatic carbocycles. The first-order valence-electron chi connectivity index (χ1n) is 4.50. The molecule has 14 heavy (non-hydrogen) atoms. The molecular formula is C10H13BrO2S. The van der Waals surface area contributed by atoms with Gasteiger partial charge in [0.2, 0.25) is 0 Å². The fourth-order valence-electron chi connectivity index (χ4n) is 1.13. The largest absolute Gasteiger partial charge is 0.224 e. The van der Waals surface area contributed by atoms with Gasteiger partial charge in [0, 0.05) is 5.33 Å². The van der Waals surface area contributed by atoms with Crippen LogP contribution < -0.4 is 0 Å². The standard InChI is InChI=1S/C10H13BrO2S/c11-8-4-5-9-14(12,13)10-6-2-1-3-7-10/h1-3,6-7H,4-5,8-9H2. The molecule has 2 nitrogen and oxygen atoms in total. The third-order valence-corrected chi connectivity index (χ3v) is 4.28. The van der Waals surface area contributed by atoms with Crippen molar-refractivity contribution >= 4 is 25.8 Å². The molecule has 0 saturated carbocycles. The first-order valence-corrected chi connectivity index (χ1v) is 7.28. The summed E-state index contributed by atoms with van der Waals surface area (Å²) in [7, 11) is -3.05. The molecule has 0 amide bonds. The van der Waals surface area contributed by atoms with E-state index in [0.29, 0.717) is 11.3 Å². The lowest BCUT2D eigenvalue weighted by Crippen LogP contribution is -2.06. The highest BCUT2D eigenvalue weighted by molar-refractivity contribution is 9.09. The van der Waals surface area contributed by atoms with Gasteiger partial charge in [0.25, 0.3) is 0 Å². The fraction of sp³-hybridized carbons (Fsp3) is 0.400. The predicted molar refractivity (Wildman–Crippen MR) is 61.5 cm³/mol. The molecule has 0 spiro atoms. The van der Waals surface area contributed by atoms with Gasteiger partial charge in [-0.05, 0) is 25.0 Å². The van der Waals surface area contributed by atoms with Crippen molar-refractivity contribution in [1.82, 2.24) is 0 Å². The average Bonchev–Trinajstić information content (AvgIpc) is 2.19. The van der Waals surface area contributed by atoms with Crippen LogP contribution in [0.5, 0.6) is 0 Å². The third-order valence-electron chi connectivity index (χ3n) is 1.90. The first-order chi connectivity index (χ1) is 6.67. The molecule has 78 valence electrons. The zero-order valence-electron chi connectivity index (χ0n) is 7.82. The summed E-state index contributed by atoms with van der Waals surface area (Å²) < 4.78 is 23.4. The number of rotatable bonds is 5. The molecule has 1 aromatic rings. The minimum Gasteiger partial charge on any atom is -0.224 e. The van der Waals surface area contributed by atoms with Crippen molar-refractivity contribution in [3.63, 3.8) is 0 Å². The van der Waals surface area contributed by atoms with Crippen LogP contribution in [-0.2, 0) is 9.84 Å². The zero-order valence-corrected chi connectivity index (χ0v) is 10.2. The molecule has 0 saturated heterocycles. The molecule has 0 radical (unpaired) electrons. The molecule has 1 rings (SSSR count). The summed E-state index contributed by atoms with van der Waals surface area (Å²) in [6.45, 7) is 0. The Morgan fingerprint density at radius 1 is 1.07 bits per heavy atom. The predicted octanol–water partition coefficient (Wildman–Crippen LogP) is 2.64. The van der Waals surface area contributed by atoms with Crippen LogP contribution in [0.1, 0.15) is 12.8 Å².